The molecule has 0 aliphatic heterocycles. The predicted octanol–water partition coefficient (Wildman–Crippen LogP) is 1.20. The Hall–Kier alpha value is -0.820. The lowest BCUT2D eigenvalue weighted by Crippen LogP contribution is -2.35. The largest absolute Gasteiger partial charge is 0.444 e. The van der Waals surface area contributed by atoms with Crippen LogP contribution in [0.15, 0.2) is 0 Å². The Morgan fingerprint density at radius 1 is 1.35 bits per heavy atom. The monoisotopic (exact) mass is 266 g/mol. The highest BCUT2D eigenvalue weighted by Crippen LogP contribution is 2.06. The molecule has 2 N–H and O–H groups in total. The van der Waals surface area contributed by atoms with E-state index in [0.717, 1.165) is 0 Å². The molecule has 1 unspecified atom stereocenters. The van der Waals surface area contributed by atoms with E-state index in [1.54, 1.807) is 20.8 Å². The van der Waals surface area contributed by atoms with Crippen LogP contribution in [0, 0.1) is 4.78 Å². The minimum atomic E-state index is -2.68. The molecular weight excluding hydrogens is 244 g/mol. The maximum absolute atomic E-state index is 11.6. The van der Waals surface area contributed by atoms with Crippen molar-refractivity contribution in [3.8, 4) is 0 Å². The Kier molecular flexibility index (Phi) is 6.48. The summed E-state index contributed by atoms with van der Waals surface area (Å²) >= 11 is 0. The summed E-state index contributed by atoms with van der Waals surface area (Å²) < 4.78 is 28.9. The Morgan fingerprint density at radius 3 is 2.41 bits per heavy atom. The van der Waals surface area contributed by atoms with Gasteiger partial charge in [0.15, 0.2) is 0 Å². The highest BCUT2D eigenvalue weighted by atomic mass is 32.2. The predicted molar refractivity (Wildman–Crippen MR) is 66.7 cm³/mol. The average molecular weight is 266 g/mol. The number of carbonyl (C=O) groups is 1. The van der Waals surface area contributed by atoms with E-state index in [1.807, 2.05) is 0 Å². The smallest absolute Gasteiger partial charge is 0.407 e. The van der Waals surface area contributed by atoms with Gasteiger partial charge in [0.2, 0.25) is 0 Å². The molecule has 0 saturated carbocycles. The minimum absolute atomic E-state index is 0.107. The minimum Gasteiger partial charge on any atom is -0.444 e. The highest BCUT2D eigenvalue weighted by molar-refractivity contribution is 7.92. The van der Waals surface area contributed by atoms with Crippen LogP contribution >= 0.6 is 0 Å². The maximum Gasteiger partial charge on any atom is 0.407 e. The van der Waals surface area contributed by atoms with Crippen LogP contribution in [0.3, 0.4) is 0 Å². The standard InChI is InChI=1S/C10H22N2O4S/c1-10(2,3)16-9(13)12-5-7-17(11,14)8-6-15-4/h11H,5-8H2,1-4H3,(H,12,13). The molecule has 0 aromatic carbocycles. The van der Waals surface area contributed by atoms with Gasteiger partial charge in [0.1, 0.15) is 5.60 Å². The van der Waals surface area contributed by atoms with E-state index in [0.29, 0.717) is 0 Å². The normalized spacial score (nSPS) is 15.1. The van der Waals surface area contributed by atoms with Crippen molar-refractivity contribution >= 4 is 15.8 Å². The zero-order valence-electron chi connectivity index (χ0n) is 10.9. The molecule has 102 valence electrons. The van der Waals surface area contributed by atoms with Crippen LogP contribution < -0.4 is 5.32 Å². The number of alkyl carbamates (subject to hydrolysis) is 1. The maximum atomic E-state index is 11.6. The molecule has 0 aliphatic carbocycles. The van der Waals surface area contributed by atoms with E-state index in [9.17, 15) is 9.00 Å². The van der Waals surface area contributed by atoms with Crippen molar-refractivity contribution in [2.45, 2.75) is 26.4 Å². The van der Waals surface area contributed by atoms with E-state index in [2.05, 4.69) is 5.32 Å². The molecule has 0 bridgehead atoms. The third-order valence-electron chi connectivity index (χ3n) is 1.72. The van der Waals surface area contributed by atoms with Gasteiger partial charge in [-0.25, -0.2) is 9.00 Å². The summed E-state index contributed by atoms with van der Waals surface area (Å²) in [6, 6.07) is 0. The van der Waals surface area contributed by atoms with Gasteiger partial charge in [0.05, 0.1) is 12.4 Å². The molecule has 0 aliphatic rings. The lowest BCUT2D eigenvalue weighted by Gasteiger charge is -2.19. The molecule has 0 aromatic rings. The number of nitrogens with one attached hydrogen (secondary N) is 2. The van der Waals surface area contributed by atoms with Crippen molar-refractivity contribution in [2.24, 2.45) is 0 Å². The fourth-order valence-corrected chi connectivity index (χ4v) is 2.02. The molecule has 0 aromatic heterocycles. The molecule has 17 heavy (non-hydrogen) atoms. The summed E-state index contributed by atoms with van der Waals surface area (Å²) in [7, 11) is -1.18. The topological polar surface area (TPSA) is 88.5 Å². The Bertz CT molecular complexity index is 333. The first kappa shape index (κ1) is 16.2. The van der Waals surface area contributed by atoms with Gasteiger partial charge in [-0.1, -0.05) is 0 Å². The van der Waals surface area contributed by atoms with Gasteiger partial charge >= 0.3 is 6.09 Å². The van der Waals surface area contributed by atoms with Gasteiger partial charge in [-0.3, -0.25) is 4.78 Å². The molecule has 6 nitrogen and oxygen atoms in total. The summed E-state index contributed by atoms with van der Waals surface area (Å²) in [5, 5.41) is 2.47. The molecule has 0 fully saturated rings. The van der Waals surface area contributed by atoms with E-state index in [4.69, 9.17) is 14.3 Å². The Balaban J connectivity index is 3.88. The number of carbonyl (C=O) groups excluding carboxylic acids is 1. The molecular formula is C10H22N2O4S. The molecule has 1 atom stereocenters. The summed E-state index contributed by atoms with van der Waals surface area (Å²) in [4.78, 5) is 11.2. The first-order valence-corrected chi connectivity index (χ1v) is 7.26. The molecule has 0 saturated heterocycles. The molecule has 0 heterocycles. The SMILES string of the molecule is COCCS(=N)(=O)CCNC(=O)OC(C)(C)C. The number of amides is 1. The first-order valence-electron chi connectivity index (χ1n) is 5.36. The third kappa shape index (κ3) is 10.1. The van der Waals surface area contributed by atoms with Gasteiger partial charge in [-0.05, 0) is 20.8 Å². The summed E-state index contributed by atoms with van der Waals surface area (Å²) in [5.74, 6) is 0.287. The van der Waals surface area contributed by atoms with Crippen LogP contribution in [-0.4, -0.2) is 47.7 Å². The van der Waals surface area contributed by atoms with Crippen molar-refractivity contribution in [1.29, 1.82) is 4.78 Å². The van der Waals surface area contributed by atoms with Crippen molar-refractivity contribution in [1.82, 2.24) is 5.32 Å². The van der Waals surface area contributed by atoms with Crippen LogP contribution in [0.4, 0.5) is 4.79 Å². The number of ether oxygens (including phenoxy) is 2. The Labute approximate surface area is 103 Å². The zero-order chi connectivity index (χ0) is 13.5. The number of hydrogen-bond donors (Lipinski definition) is 2. The average Bonchev–Trinajstić information content (AvgIpc) is 2.11. The fourth-order valence-electron chi connectivity index (χ4n) is 0.952. The highest BCUT2D eigenvalue weighted by Gasteiger charge is 2.16. The molecule has 1 amide bonds. The number of rotatable bonds is 6. The van der Waals surface area contributed by atoms with E-state index in [-0.39, 0.29) is 24.7 Å². The second-order valence-electron chi connectivity index (χ2n) is 4.64. The van der Waals surface area contributed by atoms with Crippen molar-refractivity contribution in [3.05, 3.63) is 0 Å². The van der Waals surface area contributed by atoms with Gasteiger partial charge in [0, 0.05) is 29.1 Å². The quantitative estimate of drug-likeness (QED) is 0.756. The summed E-state index contributed by atoms with van der Waals surface area (Å²) in [6.07, 6.45) is -0.556. The molecule has 7 heteroatoms. The van der Waals surface area contributed by atoms with E-state index < -0.39 is 21.4 Å². The van der Waals surface area contributed by atoms with Crippen molar-refractivity contribution < 1.29 is 18.5 Å². The zero-order valence-corrected chi connectivity index (χ0v) is 11.7. The van der Waals surface area contributed by atoms with Crippen molar-refractivity contribution in [3.63, 3.8) is 0 Å². The summed E-state index contributed by atoms with van der Waals surface area (Å²) in [5.41, 5.74) is -0.553. The second kappa shape index (κ2) is 6.80. The van der Waals surface area contributed by atoms with Crippen LogP contribution in [0.5, 0.6) is 0 Å². The van der Waals surface area contributed by atoms with E-state index >= 15 is 0 Å². The summed E-state index contributed by atoms with van der Waals surface area (Å²) in [6.45, 7) is 5.74. The lowest BCUT2D eigenvalue weighted by molar-refractivity contribution is 0.0531. The molecule has 0 rings (SSSR count). The second-order valence-corrected chi connectivity index (χ2v) is 7.08. The van der Waals surface area contributed by atoms with E-state index in [1.165, 1.54) is 7.11 Å². The number of hydrogen-bond acceptors (Lipinski definition) is 5. The first-order chi connectivity index (χ1) is 7.66. The third-order valence-corrected chi connectivity index (χ3v) is 3.41. The molecule has 0 radical (unpaired) electrons. The van der Waals surface area contributed by atoms with Gasteiger partial charge in [-0.15, -0.1) is 0 Å². The molecule has 0 spiro atoms. The van der Waals surface area contributed by atoms with Gasteiger partial charge in [0.25, 0.3) is 0 Å². The van der Waals surface area contributed by atoms with Crippen LogP contribution in [0.1, 0.15) is 20.8 Å². The lowest BCUT2D eigenvalue weighted by atomic mass is 10.2. The van der Waals surface area contributed by atoms with Crippen LogP contribution in [-0.2, 0) is 19.2 Å². The number of methoxy groups -OCH3 is 1. The Morgan fingerprint density at radius 2 is 1.94 bits per heavy atom. The van der Waals surface area contributed by atoms with Gasteiger partial charge < -0.3 is 14.8 Å². The fraction of sp³-hybridized carbons (Fsp3) is 0.900. The van der Waals surface area contributed by atoms with Crippen LogP contribution in [0.2, 0.25) is 0 Å². The van der Waals surface area contributed by atoms with Crippen LogP contribution in [0.25, 0.3) is 0 Å². The van der Waals surface area contributed by atoms with Crippen molar-refractivity contribution in [2.75, 3.05) is 31.8 Å². The van der Waals surface area contributed by atoms with Gasteiger partial charge in [-0.2, -0.15) is 0 Å².